The summed E-state index contributed by atoms with van der Waals surface area (Å²) in [5.74, 6) is 0. The van der Waals surface area contributed by atoms with Crippen LogP contribution in [0.1, 0.15) is 53.3 Å². The highest BCUT2D eigenvalue weighted by molar-refractivity contribution is 5.40. The van der Waals surface area contributed by atoms with E-state index in [1.54, 1.807) is 0 Å². The lowest BCUT2D eigenvalue weighted by molar-refractivity contribution is 0.134. The second-order valence-electron chi connectivity index (χ2n) is 5.66. The van der Waals surface area contributed by atoms with Gasteiger partial charge in [-0.3, -0.25) is 0 Å². The van der Waals surface area contributed by atoms with Gasteiger partial charge in [0.2, 0.25) is 0 Å². The molecule has 0 spiro atoms. The van der Waals surface area contributed by atoms with Crippen molar-refractivity contribution in [3.63, 3.8) is 0 Å². The van der Waals surface area contributed by atoms with E-state index in [0.717, 1.165) is 24.0 Å². The average molecular weight is 282 g/mol. The van der Waals surface area contributed by atoms with E-state index in [9.17, 15) is 5.11 Å². The van der Waals surface area contributed by atoms with Gasteiger partial charge in [0.05, 0.1) is 13.2 Å². The number of hydrogen-bond acceptors (Lipinski definition) is 2. The Kier molecular flexibility index (Phi) is 4.09. The largest absolute Gasteiger partial charge is 0.384 e. The van der Waals surface area contributed by atoms with Gasteiger partial charge in [-0.25, -0.2) is 0 Å². The summed E-state index contributed by atoms with van der Waals surface area (Å²) in [6, 6.07) is 12.5. The third kappa shape index (κ3) is 2.74. The fraction of sp³-hybridized carbons (Fsp3) is 0.368. The van der Waals surface area contributed by atoms with Gasteiger partial charge in [-0.05, 0) is 46.2 Å². The first-order chi connectivity index (χ1) is 10.2. The molecular weight excluding hydrogens is 260 g/mol. The SMILES string of the molecule is CCc1ccc(C(O)c2ccc3c(c2)COC3)cc1CC. The molecule has 0 aromatic heterocycles. The molecule has 2 heteroatoms. The summed E-state index contributed by atoms with van der Waals surface area (Å²) in [5, 5.41) is 10.7. The highest BCUT2D eigenvalue weighted by atomic mass is 16.5. The minimum atomic E-state index is -0.563. The van der Waals surface area contributed by atoms with Gasteiger partial charge in [-0.2, -0.15) is 0 Å². The molecule has 3 rings (SSSR count). The molecule has 1 N–H and O–H groups in total. The third-order valence-corrected chi connectivity index (χ3v) is 4.37. The predicted molar refractivity (Wildman–Crippen MR) is 84.2 cm³/mol. The average Bonchev–Trinajstić information content (AvgIpc) is 3.00. The van der Waals surface area contributed by atoms with Crippen LogP contribution in [0.2, 0.25) is 0 Å². The van der Waals surface area contributed by atoms with Crippen LogP contribution in [0.25, 0.3) is 0 Å². The van der Waals surface area contributed by atoms with Gasteiger partial charge in [-0.15, -0.1) is 0 Å². The molecule has 0 radical (unpaired) electrons. The highest BCUT2D eigenvalue weighted by Gasteiger charge is 2.16. The Hall–Kier alpha value is -1.64. The first kappa shape index (κ1) is 14.3. The van der Waals surface area contributed by atoms with Crippen molar-refractivity contribution in [1.29, 1.82) is 0 Å². The van der Waals surface area contributed by atoms with E-state index in [1.165, 1.54) is 22.3 Å². The molecule has 0 fully saturated rings. The zero-order valence-corrected chi connectivity index (χ0v) is 12.7. The van der Waals surface area contributed by atoms with Crippen LogP contribution in [0.15, 0.2) is 36.4 Å². The van der Waals surface area contributed by atoms with Crippen molar-refractivity contribution in [2.75, 3.05) is 0 Å². The molecule has 0 saturated carbocycles. The Labute approximate surface area is 126 Å². The first-order valence-electron chi connectivity index (χ1n) is 7.72. The summed E-state index contributed by atoms with van der Waals surface area (Å²) in [6.45, 7) is 5.68. The van der Waals surface area contributed by atoms with Crippen molar-refractivity contribution in [2.45, 2.75) is 46.0 Å². The van der Waals surface area contributed by atoms with Crippen LogP contribution in [0, 0.1) is 0 Å². The summed E-state index contributed by atoms with van der Waals surface area (Å²) >= 11 is 0. The Morgan fingerprint density at radius 2 is 1.57 bits per heavy atom. The molecule has 2 aromatic carbocycles. The second-order valence-corrected chi connectivity index (χ2v) is 5.66. The summed E-state index contributed by atoms with van der Waals surface area (Å²) in [6.07, 6.45) is 1.48. The second kappa shape index (κ2) is 6.00. The Balaban J connectivity index is 1.93. The van der Waals surface area contributed by atoms with Gasteiger partial charge in [0.25, 0.3) is 0 Å². The molecule has 21 heavy (non-hydrogen) atoms. The van der Waals surface area contributed by atoms with E-state index >= 15 is 0 Å². The van der Waals surface area contributed by atoms with Crippen LogP contribution in [-0.2, 0) is 30.8 Å². The van der Waals surface area contributed by atoms with Crippen LogP contribution in [-0.4, -0.2) is 5.11 Å². The molecule has 1 aliphatic heterocycles. The standard InChI is InChI=1S/C19H22O2/c1-3-13-5-6-15(9-14(13)4-2)19(20)16-7-8-17-11-21-12-18(17)10-16/h5-10,19-20H,3-4,11-12H2,1-2H3. The number of rotatable bonds is 4. The van der Waals surface area contributed by atoms with E-state index in [1.807, 2.05) is 12.1 Å². The molecule has 1 atom stereocenters. The summed E-state index contributed by atoms with van der Waals surface area (Å²) in [7, 11) is 0. The fourth-order valence-electron chi connectivity index (χ4n) is 3.04. The third-order valence-electron chi connectivity index (χ3n) is 4.37. The molecule has 0 saturated heterocycles. The topological polar surface area (TPSA) is 29.5 Å². The number of fused-ring (bicyclic) bond motifs is 1. The zero-order valence-electron chi connectivity index (χ0n) is 12.7. The molecule has 0 bridgehead atoms. The van der Waals surface area contributed by atoms with Crippen LogP contribution in [0.5, 0.6) is 0 Å². The van der Waals surface area contributed by atoms with Gasteiger partial charge >= 0.3 is 0 Å². The van der Waals surface area contributed by atoms with Crippen LogP contribution >= 0.6 is 0 Å². The van der Waals surface area contributed by atoms with E-state index in [2.05, 4.69) is 38.1 Å². The number of hydrogen-bond donors (Lipinski definition) is 1. The quantitative estimate of drug-likeness (QED) is 0.921. The lowest BCUT2D eigenvalue weighted by Crippen LogP contribution is -2.03. The van der Waals surface area contributed by atoms with Crippen molar-refractivity contribution in [3.05, 3.63) is 69.8 Å². The molecule has 2 aromatic rings. The number of benzene rings is 2. The minimum Gasteiger partial charge on any atom is -0.384 e. The lowest BCUT2D eigenvalue weighted by atomic mass is 9.93. The highest BCUT2D eigenvalue weighted by Crippen LogP contribution is 2.28. The first-order valence-corrected chi connectivity index (χ1v) is 7.72. The maximum Gasteiger partial charge on any atom is 0.104 e. The Bertz CT molecular complexity index is 646. The summed E-state index contributed by atoms with van der Waals surface area (Å²) in [5.41, 5.74) is 7.07. The molecular formula is C19H22O2. The molecule has 1 aliphatic rings. The maximum atomic E-state index is 10.7. The van der Waals surface area contributed by atoms with E-state index in [0.29, 0.717) is 13.2 Å². The number of aliphatic hydroxyl groups is 1. The summed E-state index contributed by atoms with van der Waals surface area (Å²) in [4.78, 5) is 0. The number of ether oxygens (including phenoxy) is 1. The van der Waals surface area contributed by atoms with Crippen LogP contribution in [0.4, 0.5) is 0 Å². The lowest BCUT2D eigenvalue weighted by Gasteiger charge is -2.15. The van der Waals surface area contributed by atoms with Crippen LogP contribution in [0.3, 0.4) is 0 Å². The number of aliphatic hydroxyl groups excluding tert-OH is 1. The van der Waals surface area contributed by atoms with Gasteiger partial charge in [0, 0.05) is 0 Å². The van der Waals surface area contributed by atoms with Gasteiger partial charge in [0.15, 0.2) is 0 Å². The van der Waals surface area contributed by atoms with Gasteiger partial charge < -0.3 is 9.84 Å². The van der Waals surface area contributed by atoms with Crippen molar-refractivity contribution in [1.82, 2.24) is 0 Å². The van der Waals surface area contributed by atoms with Crippen molar-refractivity contribution < 1.29 is 9.84 Å². The maximum absolute atomic E-state index is 10.7. The van der Waals surface area contributed by atoms with Crippen molar-refractivity contribution in [3.8, 4) is 0 Å². The van der Waals surface area contributed by atoms with Crippen molar-refractivity contribution in [2.24, 2.45) is 0 Å². The smallest absolute Gasteiger partial charge is 0.104 e. The van der Waals surface area contributed by atoms with Gasteiger partial charge in [-0.1, -0.05) is 50.2 Å². The molecule has 2 nitrogen and oxygen atoms in total. The van der Waals surface area contributed by atoms with E-state index in [4.69, 9.17) is 4.74 Å². The van der Waals surface area contributed by atoms with Gasteiger partial charge in [0.1, 0.15) is 6.10 Å². The zero-order chi connectivity index (χ0) is 14.8. The Morgan fingerprint density at radius 1 is 0.905 bits per heavy atom. The fourth-order valence-corrected chi connectivity index (χ4v) is 3.04. The predicted octanol–water partition coefficient (Wildman–Crippen LogP) is 3.92. The molecule has 110 valence electrons. The Morgan fingerprint density at radius 3 is 2.33 bits per heavy atom. The molecule has 0 aliphatic carbocycles. The normalized spacial score (nSPS) is 15.0. The van der Waals surface area contributed by atoms with Crippen molar-refractivity contribution >= 4 is 0 Å². The van der Waals surface area contributed by atoms with Crippen LogP contribution < -0.4 is 0 Å². The molecule has 1 heterocycles. The van der Waals surface area contributed by atoms with E-state index < -0.39 is 6.10 Å². The molecule has 0 amide bonds. The molecule has 1 unspecified atom stereocenters. The monoisotopic (exact) mass is 282 g/mol. The van der Waals surface area contributed by atoms with E-state index in [-0.39, 0.29) is 0 Å². The summed E-state index contributed by atoms with van der Waals surface area (Å²) < 4.78 is 5.44. The number of aryl methyl sites for hydroxylation is 2. The minimum absolute atomic E-state index is 0.563.